The van der Waals surface area contributed by atoms with Crippen LogP contribution < -0.4 is 5.32 Å². The highest BCUT2D eigenvalue weighted by molar-refractivity contribution is 5.86. The Morgan fingerprint density at radius 2 is 2.28 bits per heavy atom. The number of nitrogens with one attached hydrogen (secondary N) is 1. The molecule has 7 nitrogen and oxygen atoms in total. The number of nitrogens with zero attached hydrogens (tertiary/aromatic N) is 2. The standard InChI is InChI=1S/C11H11N3O4/c15-10(12-6-8-2-1-5-18-8)7-14-9(11(16)17)3-4-13-14/h1-5H,6-7H2,(H,12,15)(H,16,17). The summed E-state index contributed by atoms with van der Waals surface area (Å²) in [5.74, 6) is -0.828. The number of aromatic carboxylic acids is 1. The van der Waals surface area contributed by atoms with Gasteiger partial charge in [0.2, 0.25) is 5.91 Å². The predicted molar refractivity (Wildman–Crippen MR) is 59.7 cm³/mol. The molecular formula is C11H11N3O4. The summed E-state index contributed by atoms with van der Waals surface area (Å²) in [4.78, 5) is 22.4. The number of carboxylic acids is 1. The van der Waals surface area contributed by atoms with Gasteiger partial charge in [0.15, 0.2) is 0 Å². The number of aromatic nitrogens is 2. The third-order valence-corrected chi connectivity index (χ3v) is 2.27. The molecule has 0 aliphatic heterocycles. The van der Waals surface area contributed by atoms with Gasteiger partial charge < -0.3 is 14.8 Å². The van der Waals surface area contributed by atoms with E-state index in [9.17, 15) is 9.59 Å². The average molecular weight is 249 g/mol. The number of carbonyl (C=O) groups is 2. The molecular weight excluding hydrogens is 238 g/mol. The first kappa shape index (κ1) is 11.9. The van der Waals surface area contributed by atoms with Crippen LogP contribution in [0.15, 0.2) is 35.1 Å². The average Bonchev–Trinajstić information content (AvgIpc) is 2.96. The van der Waals surface area contributed by atoms with E-state index in [-0.39, 0.29) is 24.7 Å². The number of carboxylic acid groups (broad SMARTS) is 1. The van der Waals surface area contributed by atoms with Crippen LogP contribution in [0.2, 0.25) is 0 Å². The molecule has 0 aliphatic rings. The van der Waals surface area contributed by atoms with E-state index >= 15 is 0 Å². The summed E-state index contributed by atoms with van der Waals surface area (Å²) in [6.45, 7) is 0.116. The topological polar surface area (TPSA) is 97.4 Å². The molecule has 0 fully saturated rings. The smallest absolute Gasteiger partial charge is 0.354 e. The van der Waals surface area contributed by atoms with E-state index in [2.05, 4.69) is 10.4 Å². The van der Waals surface area contributed by atoms with E-state index in [4.69, 9.17) is 9.52 Å². The normalized spacial score (nSPS) is 10.2. The maximum atomic E-state index is 11.6. The molecule has 2 aromatic heterocycles. The number of amides is 1. The van der Waals surface area contributed by atoms with E-state index < -0.39 is 5.97 Å². The molecule has 0 aromatic carbocycles. The van der Waals surface area contributed by atoms with E-state index in [1.807, 2.05) is 0 Å². The fourth-order valence-corrected chi connectivity index (χ4v) is 1.43. The van der Waals surface area contributed by atoms with Crippen LogP contribution in [0.4, 0.5) is 0 Å². The zero-order valence-corrected chi connectivity index (χ0v) is 9.37. The van der Waals surface area contributed by atoms with Crippen LogP contribution in [0.5, 0.6) is 0 Å². The fourth-order valence-electron chi connectivity index (χ4n) is 1.43. The molecule has 0 bridgehead atoms. The predicted octanol–water partition coefficient (Wildman–Crippen LogP) is 0.491. The first-order valence-electron chi connectivity index (χ1n) is 5.21. The number of furan rings is 1. The lowest BCUT2D eigenvalue weighted by atomic mass is 10.4. The van der Waals surface area contributed by atoms with Crippen molar-refractivity contribution in [3.05, 3.63) is 42.1 Å². The molecule has 0 spiro atoms. The summed E-state index contributed by atoms with van der Waals surface area (Å²) in [5, 5.41) is 15.2. The zero-order valence-electron chi connectivity index (χ0n) is 9.37. The molecule has 1 amide bonds. The van der Waals surface area contributed by atoms with Crippen LogP contribution in [-0.4, -0.2) is 26.8 Å². The first-order chi connectivity index (χ1) is 8.66. The highest BCUT2D eigenvalue weighted by Gasteiger charge is 2.12. The van der Waals surface area contributed by atoms with Gasteiger partial charge in [0, 0.05) is 6.20 Å². The Balaban J connectivity index is 1.91. The molecule has 0 unspecified atom stereocenters. The van der Waals surface area contributed by atoms with Crippen LogP contribution >= 0.6 is 0 Å². The highest BCUT2D eigenvalue weighted by atomic mass is 16.4. The maximum absolute atomic E-state index is 11.6. The van der Waals surface area contributed by atoms with Crippen LogP contribution in [0.1, 0.15) is 16.2 Å². The molecule has 0 aliphatic carbocycles. The summed E-state index contributed by atoms with van der Waals surface area (Å²) in [5.41, 5.74) is -0.0249. The fraction of sp³-hybridized carbons (Fsp3) is 0.182. The van der Waals surface area contributed by atoms with Crippen molar-refractivity contribution in [1.82, 2.24) is 15.1 Å². The third kappa shape index (κ3) is 2.76. The van der Waals surface area contributed by atoms with E-state index in [1.54, 1.807) is 12.1 Å². The lowest BCUT2D eigenvalue weighted by Gasteiger charge is -2.05. The Morgan fingerprint density at radius 3 is 2.94 bits per heavy atom. The number of rotatable bonds is 5. The molecule has 18 heavy (non-hydrogen) atoms. The van der Waals surface area contributed by atoms with Crippen molar-refractivity contribution in [3.8, 4) is 0 Å². The molecule has 2 heterocycles. The summed E-state index contributed by atoms with van der Waals surface area (Å²) in [6, 6.07) is 4.79. The second-order valence-electron chi connectivity index (χ2n) is 3.54. The maximum Gasteiger partial charge on any atom is 0.354 e. The molecule has 2 N–H and O–H groups in total. The van der Waals surface area contributed by atoms with Crippen molar-refractivity contribution in [2.24, 2.45) is 0 Å². The quantitative estimate of drug-likeness (QED) is 0.803. The second-order valence-corrected chi connectivity index (χ2v) is 3.54. The van der Waals surface area contributed by atoms with Crippen molar-refractivity contribution in [1.29, 1.82) is 0 Å². The minimum Gasteiger partial charge on any atom is -0.477 e. The summed E-state index contributed by atoms with van der Waals surface area (Å²) >= 11 is 0. The van der Waals surface area contributed by atoms with Gasteiger partial charge in [-0.1, -0.05) is 0 Å². The minimum atomic E-state index is -1.12. The zero-order chi connectivity index (χ0) is 13.0. The van der Waals surface area contributed by atoms with Gasteiger partial charge in [-0.3, -0.25) is 4.79 Å². The van der Waals surface area contributed by atoms with Crippen LogP contribution in [-0.2, 0) is 17.9 Å². The molecule has 0 saturated heterocycles. The lowest BCUT2D eigenvalue weighted by molar-refractivity contribution is -0.122. The molecule has 0 atom stereocenters. The van der Waals surface area contributed by atoms with Gasteiger partial charge in [-0.15, -0.1) is 0 Å². The van der Waals surface area contributed by atoms with Crippen molar-refractivity contribution < 1.29 is 19.1 Å². The minimum absolute atomic E-state index is 0.0249. The molecule has 0 saturated carbocycles. The van der Waals surface area contributed by atoms with Crippen molar-refractivity contribution >= 4 is 11.9 Å². The molecule has 0 radical (unpaired) electrons. The number of hydrogen-bond acceptors (Lipinski definition) is 4. The Kier molecular flexibility index (Phi) is 3.42. The lowest BCUT2D eigenvalue weighted by Crippen LogP contribution is -2.28. The second kappa shape index (κ2) is 5.17. The van der Waals surface area contributed by atoms with Crippen LogP contribution in [0.3, 0.4) is 0 Å². The molecule has 2 rings (SSSR count). The Labute approximate surface area is 102 Å². The monoisotopic (exact) mass is 249 g/mol. The van der Waals surface area contributed by atoms with E-state index in [0.717, 1.165) is 4.68 Å². The van der Waals surface area contributed by atoms with Gasteiger partial charge in [0.1, 0.15) is 18.0 Å². The summed E-state index contributed by atoms with van der Waals surface area (Å²) in [6.07, 6.45) is 2.85. The SMILES string of the molecule is O=C(Cn1nccc1C(=O)O)NCc1ccco1. The molecule has 7 heteroatoms. The summed E-state index contributed by atoms with van der Waals surface area (Å²) < 4.78 is 6.17. The number of hydrogen-bond donors (Lipinski definition) is 2. The third-order valence-electron chi connectivity index (χ3n) is 2.27. The van der Waals surface area contributed by atoms with Gasteiger partial charge in [-0.25, -0.2) is 9.48 Å². The Hall–Kier alpha value is -2.57. The van der Waals surface area contributed by atoms with E-state index in [0.29, 0.717) is 5.76 Å². The highest BCUT2D eigenvalue weighted by Crippen LogP contribution is 2.00. The Morgan fingerprint density at radius 1 is 1.44 bits per heavy atom. The van der Waals surface area contributed by atoms with Gasteiger partial charge in [-0.05, 0) is 18.2 Å². The largest absolute Gasteiger partial charge is 0.477 e. The Bertz CT molecular complexity index is 544. The van der Waals surface area contributed by atoms with E-state index in [1.165, 1.54) is 18.5 Å². The van der Waals surface area contributed by atoms with Gasteiger partial charge in [-0.2, -0.15) is 5.10 Å². The van der Waals surface area contributed by atoms with Crippen molar-refractivity contribution in [2.45, 2.75) is 13.1 Å². The van der Waals surface area contributed by atoms with Crippen molar-refractivity contribution in [2.75, 3.05) is 0 Å². The van der Waals surface area contributed by atoms with Crippen molar-refractivity contribution in [3.63, 3.8) is 0 Å². The van der Waals surface area contributed by atoms with Gasteiger partial charge in [0.25, 0.3) is 0 Å². The van der Waals surface area contributed by atoms with Crippen LogP contribution in [0.25, 0.3) is 0 Å². The molecule has 94 valence electrons. The van der Waals surface area contributed by atoms with Gasteiger partial charge in [0.05, 0.1) is 12.8 Å². The summed E-state index contributed by atoms with van der Waals surface area (Å²) in [7, 11) is 0. The van der Waals surface area contributed by atoms with Crippen LogP contribution in [0, 0.1) is 0 Å². The number of carbonyl (C=O) groups excluding carboxylic acids is 1. The van der Waals surface area contributed by atoms with Gasteiger partial charge >= 0.3 is 5.97 Å². The molecule has 2 aromatic rings. The first-order valence-corrected chi connectivity index (χ1v) is 5.21.